The molecule has 30 heavy (non-hydrogen) atoms. The zero-order valence-electron chi connectivity index (χ0n) is 16.6. The molecule has 0 radical (unpaired) electrons. The maximum Gasteiger partial charge on any atom is 0.256 e. The molecule has 0 bridgehead atoms. The summed E-state index contributed by atoms with van der Waals surface area (Å²) >= 11 is 0. The second-order valence-corrected chi connectivity index (χ2v) is 8.02. The van der Waals surface area contributed by atoms with Gasteiger partial charge in [0.15, 0.2) is 0 Å². The van der Waals surface area contributed by atoms with E-state index in [1.807, 2.05) is 0 Å². The van der Waals surface area contributed by atoms with Gasteiger partial charge in [-0.05, 0) is 42.9 Å². The number of nitrogens with zero attached hydrogens (tertiary/aromatic N) is 3. The third-order valence-electron chi connectivity index (χ3n) is 5.39. The SMILES string of the molecule is Cc1cnc(NC(=O)CN(C)C(=O)c2ccc(C3CC3)c(F)c2[C@@H]2CC2(F)F)nc1. The molecule has 1 aromatic carbocycles. The first-order valence-corrected chi connectivity index (χ1v) is 9.71. The lowest BCUT2D eigenvalue weighted by atomic mass is 9.96. The molecule has 1 N–H and O–H groups in total. The molecule has 2 fully saturated rings. The standard InChI is InChI=1S/C21H21F3N4O2/c1-11-8-25-20(26-9-11)27-16(29)10-28(2)19(30)14-6-5-13(12-3-4-12)18(22)17(14)15-7-21(15,23)24/h5-6,8-9,12,15H,3-4,7,10H2,1-2H3,(H,25,26,27,29)/t15-/m0/s1. The maximum atomic E-state index is 15.1. The second-order valence-electron chi connectivity index (χ2n) is 8.02. The minimum Gasteiger partial charge on any atom is -0.332 e. The summed E-state index contributed by atoms with van der Waals surface area (Å²) in [7, 11) is 1.36. The van der Waals surface area contributed by atoms with Crippen LogP contribution in [0.4, 0.5) is 19.1 Å². The van der Waals surface area contributed by atoms with Gasteiger partial charge in [-0.3, -0.25) is 14.9 Å². The Hall–Kier alpha value is -2.97. The van der Waals surface area contributed by atoms with Crippen molar-refractivity contribution in [2.75, 3.05) is 18.9 Å². The number of alkyl halides is 2. The van der Waals surface area contributed by atoms with Crippen LogP contribution in [-0.4, -0.2) is 46.2 Å². The van der Waals surface area contributed by atoms with Crippen LogP contribution >= 0.6 is 0 Å². The molecule has 2 aliphatic carbocycles. The number of aryl methyl sites for hydroxylation is 1. The number of nitrogens with one attached hydrogen (secondary N) is 1. The molecule has 1 atom stereocenters. The fourth-order valence-corrected chi connectivity index (χ4v) is 3.49. The normalized spacial score (nSPS) is 19.3. The summed E-state index contributed by atoms with van der Waals surface area (Å²) in [6.07, 6.45) is 4.21. The molecule has 158 valence electrons. The van der Waals surface area contributed by atoms with Gasteiger partial charge in [0, 0.05) is 37.0 Å². The number of hydrogen-bond acceptors (Lipinski definition) is 4. The van der Waals surface area contributed by atoms with Crippen molar-refractivity contribution in [3.63, 3.8) is 0 Å². The summed E-state index contributed by atoms with van der Waals surface area (Å²) in [5.74, 6) is -6.16. The predicted molar refractivity (Wildman–Crippen MR) is 103 cm³/mol. The molecule has 0 aliphatic heterocycles. The van der Waals surface area contributed by atoms with Gasteiger partial charge in [0.25, 0.3) is 11.8 Å². The van der Waals surface area contributed by atoms with E-state index in [1.165, 1.54) is 31.6 Å². The van der Waals surface area contributed by atoms with Gasteiger partial charge < -0.3 is 4.90 Å². The predicted octanol–water partition coefficient (Wildman–Crippen LogP) is 3.63. The Morgan fingerprint density at radius 2 is 1.87 bits per heavy atom. The molecule has 6 nitrogen and oxygen atoms in total. The largest absolute Gasteiger partial charge is 0.332 e. The molecule has 0 spiro atoms. The van der Waals surface area contributed by atoms with Crippen LogP contribution in [-0.2, 0) is 4.79 Å². The number of carbonyl (C=O) groups excluding carboxylic acids is 2. The summed E-state index contributed by atoms with van der Waals surface area (Å²) in [4.78, 5) is 34.1. The highest BCUT2D eigenvalue weighted by molar-refractivity contribution is 6.00. The Bertz CT molecular complexity index is 1010. The van der Waals surface area contributed by atoms with Crippen LogP contribution in [0.1, 0.15) is 58.1 Å². The number of anilines is 1. The van der Waals surface area contributed by atoms with Crippen LogP contribution in [0.3, 0.4) is 0 Å². The molecule has 2 amide bonds. The fourth-order valence-electron chi connectivity index (χ4n) is 3.49. The van der Waals surface area contributed by atoms with E-state index in [-0.39, 0.29) is 29.5 Å². The van der Waals surface area contributed by atoms with Crippen molar-refractivity contribution in [1.82, 2.24) is 14.9 Å². The van der Waals surface area contributed by atoms with E-state index in [0.717, 1.165) is 23.3 Å². The highest BCUT2D eigenvalue weighted by Gasteiger charge is 2.60. The van der Waals surface area contributed by atoms with Crippen molar-refractivity contribution < 1.29 is 22.8 Å². The van der Waals surface area contributed by atoms with Gasteiger partial charge in [0.2, 0.25) is 11.9 Å². The lowest BCUT2D eigenvalue weighted by Crippen LogP contribution is -2.36. The van der Waals surface area contributed by atoms with E-state index in [2.05, 4.69) is 15.3 Å². The van der Waals surface area contributed by atoms with E-state index in [1.54, 1.807) is 6.92 Å². The third-order valence-corrected chi connectivity index (χ3v) is 5.39. The summed E-state index contributed by atoms with van der Waals surface area (Å²) in [5.41, 5.74) is 0.854. The topological polar surface area (TPSA) is 75.2 Å². The van der Waals surface area contributed by atoms with Crippen LogP contribution in [0, 0.1) is 12.7 Å². The Morgan fingerprint density at radius 3 is 2.43 bits per heavy atom. The Balaban J connectivity index is 1.52. The summed E-state index contributed by atoms with van der Waals surface area (Å²) in [6.45, 7) is 1.44. The summed E-state index contributed by atoms with van der Waals surface area (Å²) in [6, 6.07) is 2.90. The molecule has 2 saturated carbocycles. The number of hydrogen-bond donors (Lipinski definition) is 1. The smallest absolute Gasteiger partial charge is 0.256 e. The average molecular weight is 418 g/mol. The van der Waals surface area contributed by atoms with Crippen LogP contribution in [0.2, 0.25) is 0 Å². The van der Waals surface area contributed by atoms with Crippen LogP contribution in [0.15, 0.2) is 24.5 Å². The Kier molecular flexibility index (Phi) is 4.99. The minimum atomic E-state index is -3.02. The lowest BCUT2D eigenvalue weighted by Gasteiger charge is -2.20. The zero-order chi connectivity index (χ0) is 21.6. The van der Waals surface area contributed by atoms with Gasteiger partial charge in [-0.25, -0.2) is 23.1 Å². The molecule has 1 heterocycles. The van der Waals surface area contributed by atoms with Gasteiger partial charge in [0.1, 0.15) is 5.82 Å². The number of amides is 2. The summed E-state index contributed by atoms with van der Waals surface area (Å²) in [5, 5.41) is 2.46. The van der Waals surface area contributed by atoms with Crippen LogP contribution < -0.4 is 5.32 Å². The number of carbonyl (C=O) groups is 2. The number of aromatic nitrogens is 2. The van der Waals surface area contributed by atoms with E-state index in [0.29, 0.717) is 5.56 Å². The van der Waals surface area contributed by atoms with Crippen molar-refractivity contribution in [3.05, 3.63) is 52.6 Å². The van der Waals surface area contributed by atoms with E-state index in [4.69, 9.17) is 0 Å². The van der Waals surface area contributed by atoms with Gasteiger partial charge in [0.05, 0.1) is 12.5 Å². The first-order valence-electron chi connectivity index (χ1n) is 9.71. The molecule has 2 aliphatic rings. The van der Waals surface area contributed by atoms with Crippen molar-refractivity contribution in [3.8, 4) is 0 Å². The highest BCUT2D eigenvalue weighted by Crippen LogP contribution is 2.58. The molecule has 1 aromatic heterocycles. The average Bonchev–Trinajstić information content (AvgIpc) is 3.60. The zero-order valence-corrected chi connectivity index (χ0v) is 16.6. The Labute approximate surface area is 171 Å². The monoisotopic (exact) mass is 418 g/mol. The van der Waals surface area contributed by atoms with E-state index < -0.39 is 35.9 Å². The third kappa shape index (κ3) is 4.01. The number of halogens is 3. The number of benzene rings is 1. The van der Waals surface area contributed by atoms with Gasteiger partial charge in [-0.1, -0.05) is 6.07 Å². The highest BCUT2D eigenvalue weighted by atomic mass is 19.3. The van der Waals surface area contributed by atoms with Crippen molar-refractivity contribution >= 4 is 17.8 Å². The molecule has 0 unspecified atom stereocenters. The lowest BCUT2D eigenvalue weighted by molar-refractivity contribution is -0.116. The molecule has 9 heteroatoms. The van der Waals surface area contributed by atoms with Crippen molar-refractivity contribution in [2.45, 2.75) is 43.9 Å². The molecule has 4 rings (SSSR count). The molecule has 2 aromatic rings. The quantitative estimate of drug-likeness (QED) is 0.777. The first-order chi connectivity index (χ1) is 14.2. The maximum absolute atomic E-state index is 15.1. The minimum absolute atomic E-state index is 0.0262. The summed E-state index contributed by atoms with van der Waals surface area (Å²) < 4.78 is 42.6. The van der Waals surface area contributed by atoms with E-state index in [9.17, 15) is 18.4 Å². The number of rotatable bonds is 6. The number of likely N-dealkylation sites (N-methyl/N-ethyl adjacent to an activating group) is 1. The van der Waals surface area contributed by atoms with E-state index >= 15 is 4.39 Å². The molecule has 0 saturated heterocycles. The van der Waals surface area contributed by atoms with Crippen LogP contribution in [0.5, 0.6) is 0 Å². The van der Waals surface area contributed by atoms with Crippen molar-refractivity contribution in [2.24, 2.45) is 0 Å². The molecular formula is C21H21F3N4O2. The Morgan fingerprint density at radius 1 is 1.23 bits per heavy atom. The van der Waals surface area contributed by atoms with Gasteiger partial charge in [-0.2, -0.15) is 0 Å². The second kappa shape index (κ2) is 7.37. The fraction of sp³-hybridized carbons (Fsp3) is 0.429. The van der Waals surface area contributed by atoms with Crippen LogP contribution in [0.25, 0.3) is 0 Å². The first kappa shape index (κ1) is 20.3. The van der Waals surface area contributed by atoms with Crippen molar-refractivity contribution in [1.29, 1.82) is 0 Å². The van der Waals surface area contributed by atoms with Gasteiger partial charge >= 0.3 is 0 Å². The molecular weight excluding hydrogens is 397 g/mol. The van der Waals surface area contributed by atoms with Gasteiger partial charge in [-0.15, -0.1) is 0 Å².